The first-order valence-electron chi connectivity index (χ1n) is 7.99. The number of ether oxygens (including phenoxy) is 1. The van der Waals surface area contributed by atoms with Crippen molar-refractivity contribution in [3.63, 3.8) is 0 Å². The summed E-state index contributed by atoms with van der Waals surface area (Å²) in [4.78, 5) is 0.658. The number of hydrogen-bond acceptors (Lipinski definition) is 3. The Balaban J connectivity index is 1.96. The molecule has 0 aromatic heterocycles. The zero-order valence-electron chi connectivity index (χ0n) is 14.0. The molecule has 0 saturated carbocycles. The lowest BCUT2D eigenvalue weighted by Crippen LogP contribution is -2.33. The molecule has 1 atom stereocenters. The first-order chi connectivity index (χ1) is 12.1. The molecule has 0 amide bonds. The molecule has 0 radical (unpaired) electrons. The predicted octanol–water partition coefficient (Wildman–Crippen LogP) is 3.74. The molecule has 0 aliphatic carbocycles. The second-order valence-corrected chi connectivity index (χ2v) is 7.21. The normalized spacial score (nSPS) is 12.6. The Hall–Kier alpha value is -2.43. The number of aliphatic hydroxyl groups is 1. The number of benzene rings is 3. The summed E-state index contributed by atoms with van der Waals surface area (Å²) in [5.74, 6) is 0.787. The standard InChI is InChI=1S/C21H20O3S/c1-24-19-12-14-20(15-13-19)25(23)16-21(22,17-8-4-2-5-9-17)18-10-6-3-7-11-18/h2-15,22H,16H2,1H3. The van der Waals surface area contributed by atoms with Gasteiger partial charge < -0.3 is 9.84 Å². The molecule has 0 saturated heterocycles. The van der Waals surface area contributed by atoms with Crippen molar-refractivity contribution in [1.29, 1.82) is 0 Å². The molecular formula is C21H20O3S. The molecule has 3 aromatic carbocycles. The summed E-state index contributed by atoms with van der Waals surface area (Å²) in [6.07, 6.45) is 0. The molecule has 1 N–H and O–H groups in total. The van der Waals surface area contributed by atoms with E-state index in [0.717, 1.165) is 11.1 Å². The van der Waals surface area contributed by atoms with Crippen LogP contribution in [-0.2, 0) is 16.4 Å². The van der Waals surface area contributed by atoms with Crippen molar-refractivity contribution < 1.29 is 14.1 Å². The van der Waals surface area contributed by atoms with E-state index < -0.39 is 16.4 Å². The Labute approximate surface area is 150 Å². The Morgan fingerprint density at radius 2 is 1.32 bits per heavy atom. The minimum atomic E-state index is -1.37. The van der Waals surface area contributed by atoms with Crippen LogP contribution in [0.15, 0.2) is 89.8 Å². The summed E-state index contributed by atoms with van der Waals surface area (Å²) >= 11 is 0. The van der Waals surface area contributed by atoms with Gasteiger partial charge >= 0.3 is 0 Å². The molecule has 0 spiro atoms. The van der Waals surface area contributed by atoms with Crippen molar-refractivity contribution in [3.05, 3.63) is 96.1 Å². The maximum Gasteiger partial charge on any atom is 0.126 e. The van der Waals surface area contributed by atoms with E-state index in [0.29, 0.717) is 10.6 Å². The smallest absolute Gasteiger partial charge is 0.126 e. The molecule has 4 heteroatoms. The van der Waals surface area contributed by atoms with Crippen LogP contribution in [0, 0.1) is 0 Å². The van der Waals surface area contributed by atoms with E-state index in [4.69, 9.17) is 4.74 Å². The fraction of sp³-hybridized carbons (Fsp3) is 0.143. The molecule has 0 aliphatic heterocycles. The first kappa shape index (κ1) is 17.4. The van der Waals surface area contributed by atoms with Crippen molar-refractivity contribution in [2.75, 3.05) is 12.9 Å². The second kappa shape index (κ2) is 7.64. The lowest BCUT2D eigenvalue weighted by molar-refractivity contribution is 0.106. The van der Waals surface area contributed by atoms with E-state index in [2.05, 4.69) is 0 Å². The summed E-state index contributed by atoms with van der Waals surface area (Å²) in [7, 11) is 0.223. The van der Waals surface area contributed by atoms with Gasteiger partial charge in [0.05, 0.1) is 23.7 Å². The fourth-order valence-corrected chi connectivity index (χ4v) is 4.08. The Bertz CT molecular complexity index is 791. The zero-order valence-corrected chi connectivity index (χ0v) is 14.8. The molecule has 3 aromatic rings. The molecule has 128 valence electrons. The SMILES string of the molecule is COc1ccc(S(=O)CC(O)(c2ccccc2)c2ccccc2)cc1. The lowest BCUT2D eigenvalue weighted by atomic mass is 9.88. The highest BCUT2D eigenvalue weighted by atomic mass is 32.2. The Morgan fingerprint density at radius 3 is 1.76 bits per heavy atom. The van der Waals surface area contributed by atoms with Crippen LogP contribution in [-0.4, -0.2) is 22.2 Å². The van der Waals surface area contributed by atoms with Gasteiger partial charge in [-0.05, 0) is 35.4 Å². The summed E-state index contributed by atoms with van der Waals surface area (Å²) in [5, 5.41) is 11.5. The van der Waals surface area contributed by atoms with Crippen LogP contribution in [0.3, 0.4) is 0 Å². The van der Waals surface area contributed by atoms with Gasteiger partial charge in [-0.15, -0.1) is 0 Å². The van der Waals surface area contributed by atoms with Gasteiger partial charge in [-0.3, -0.25) is 4.21 Å². The monoisotopic (exact) mass is 352 g/mol. The molecule has 0 aliphatic rings. The average molecular weight is 352 g/mol. The van der Waals surface area contributed by atoms with Crippen LogP contribution >= 0.6 is 0 Å². The van der Waals surface area contributed by atoms with Gasteiger partial charge in [0.1, 0.15) is 11.4 Å². The van der Waals surface area contributed by atoms with Crippen molar-refractivity contribution in [2.45, 2.75) is 10.5 Å². The minimum absolute atomic E-state index is 0.0767. The summed E-state index contributed by atoms with van der Waals surface area (Å²) in [6, 6.07) is 25.8. The summed E-state index contributed by atoms with van der Waals surface area (Å²) < 4.78 is 18.1. The van der Waals surface area contributed by atoms with Gasteiger partial charge in [0.25, 0.3) is 0 Å². The van der Waals surface area contributed by atoms with Gasteiger partial charge in [0.2, 0.25) is 0 Å². The quantitative estimate of drug-likeness (QED) is 0.735. The molecule has 0 heterocycles. The van der Waals surface area contributed by atoms with Gasteiger partial charge in [-0.2, -0.15) is 0 Å². The molecule has 1 unspecified atom stereocenters. The van der Waals surface area contributed by atoms with Crippen molar-refractivity contribution in [3.8, 4) is 5.75 Å². The Kier molecular flexibility index (Phi) is 5.31. The predicted molar refractivity (Wildman–Crippen MR) is 100 cm³/mol. The van der Waals surface area contributed by atoms with Crippen molar-refractivity contribution in [2.24, 2.45) is 0 Å². The maximum atomic E-state index is 12.9. The number of rotatable bonds is 6. The minimum Gasteiger partial charge on any atom is -0.497 e. The van der Waals surface area contributed by atoms with Gasteiger partial charge in [-0.1, -0.05) is 60.7 Å². The van der Waals surface area contributed by atoms with Gasteiger partial charge in [0.15, 0.2) is 0 Å². The van der Waals surface area contributed by atoms with E-state index in [1.807, 2.05) is 60.7 Å². The highest BCUT2D eigenvalue weighted by Crippen LogP contribution is 2.32. The summed E-state index contributed by atoms with van der Waals surface area (Å²) in [6.45, 7) is 0. The maximum absolute atomic E-state index is 12.9. The van der Waals surface area contributed by atoms with E-state index in [1.165, 1.54) is 0 Å². The molecule has 0 fully saturated rings. The Morgan fingerprint density at radius 1 is 0.840 bits per heavy atom. The number of hydrogen-bond donors (Lipinski definition) is 1. The van der Waals surface area contributed by atoms with Crippen LogP contribution in [0.5, 0.6) is 5.75 Å². The lowest BCUT2D eigenvalue weighted by Gasteiger charge is -2.29. The highest BCUT2D eigenvalue weighted by Gasteiger charge is 2.34. The van der Waals surface area contributed by atoms with Gasteiger partial charge in [0, 0.05) is 4.90 Å². The topological polar surface area (TPSA) is 46.5 Å². The van der Waals surface area contributed by atoms with Crippen LogP contribution < -0.4 is 4.74 Å². The molecule has 25 heavy (non-hydrogen) atoms. The first-order valence-corrected chi connectivity index (χ1v) is 9.31. The van der Waals surface area contributed by atoms with Crippen LogP contribution in [0.1, 0.15) is 11.1 Å². The zero-order chi connectivity index (χ0) is 17.7. The van der Waals surface area contributed by atoms with Crippen LogP contribution in [0.4, 0.5) is 0 Å². The fourth-order valence-electron chi connectivity index (χ4n) is 2.76. The third-order valence-corrected chi connectivity index (χ3v) is 5.64. The molecular weight excluding hydrogens is 332 g/mol. The third-order valence-electron chi connectivity index (χ3n) is 4.17. The van der Waals surface area contributed by atoms with Crippen molar-refractivity contribution >= 4 is 10.8 Å². The van der Waals surface area contributed by atoms with Crippen LogP contribution in [0.25, 0.3) is 0 Å². The molecule has 0 bridgehead atoms. The highest BCUT2D eigenvalue weighted by molar-refractivity contribution is 7.85. The van der Waals surface area contributed by atoms with E-state index >= 15 is 0 Å². The second-order valence-electron chi connectivity index (χ2n) is 5.76. The van der Waals surface area contributed by atoms with E-state index in [-0.39, 0.29) is 5.75 Å². The van der Waals surface area contributed by atoms with Gasteiger partial charge in [-0.25, -0.2) is 0 Å². The summed E-state index contributed by atoms with van der Waals surface area (Å²) in [5.41, 5.74) is 0.124. The third kappa shape index (κ3) is 3.81. The molecule has 3 rings (SSSR count). The van der Waals surface area contributed by atoms with E-state index in [9.17, 15) is 9.32 Å². The van der Waals surface area contributed by atoms with Crippen LogP contribution in [0.2, 0.25) is 0 Å². The number of methoxy groups -OCH3 is 1. The average Bonchev–Trinajstić information content (AvgIpc) is 2.69. The van der Waals surface area contributed by atoms with E-state index in [1.54, 1.807) is 31.4 Å². The molecule has 3 nitrogen and oxygen atoms in total. The largest absolute Gasteiger partial charge is 0.497 e. The van der Waals surface area contributed by atoms with Crippen molar-refractivity contribution in [1.82, 2.24) is 0 Å².